The highest BCUT2D eigenvalue weighted by Crippen LogP contribution is 2.25. The van der Waals surface area contributed by atoms with Gasteiger partial charge in [-0.05, 0) is 64.7 Å². The van der Waals surface area contributed by atoms with E-state index in [1.807, 2.05) is 41.5 Å². The minimum atomic E-state index is -0.244. The molecule has 3 N–H and O–H groups in total. The summed E-state index contributed by atoms with van der Waals surface area (Å²) >= 11 is 0. The van der Waals surface area contributed by atoms with Crippen molar-refractivity contribution in [2.24, 2.45) is 5.73 Å². The first-order valence-corrected chi connectivity index (χ1v) is 7.38. The maximum atomic E-state index is 11.8. The van der Waals surface area contributed by atoms with Gasteiger partial charge in [0, 0.05) is 11.6 Å². The van der Waals surface area contributed by atoms with Crippen LogP contribution >= 0.6 is 0 Å². The number of aryl methyl sites for hydroxylation is 2. The second kappa shape index (κ2) is 6.94. The fraction of sp³-hybridized carbons (Fsp3) is 0.588. The number of nitrogens with two attached hydrogens (primary N) is 1. The van der Waals surface area contributed by atoms with Crippen LogP contribution in [0.4, 0.5) is 0 Å². The fourth-order valence-electron chi connectivity index (χ4n) is 2.35. The Balaban J connectivity index is 2.74. The lowest BCUT2D eigenvalue weighted by Crippen LogP contribution is -2.43. The predicted molar refractivity (Wildman–Crippen MR) is 86.7 cm³/mol. The van der Waals surface area contributed by atoms with Crippen LogP contribution in [0.2, 0.25) is 0 Å². The van der Waals surface area contributed by atoms with E-state index in [1.54, 1.807) is 0 Å². The molecule has 0 bridgehead atoms. The zero-order chi connectivity index (χ0) is 16.2. The fourth-order valence-corrected chi connectivity index (χ4v) is 2.35. The van der Waals surface area contributed by atoms with Crippen molar-refractivity contribution in [2.45, 2.75) is 59.5 Å². The molecular weight excluding hydrogens is 264 g/mol. The standard InChI is InChI=1S/C17H28N2O2/c1-11-7-14(9-13(3)18)8-12(2)16(11)21-10-15(20)19-17(4,5)6/h7-8,13H,9-10,18H2,1-6H3,(H,19,20). The number of nitrogens with one attached hydrogen (secondary N) is 1. The largest absolute Gasteiger partial charge is 0.483 e. The molecule has 1 amide bonds. The Kier molecular flexibility index (Phi) is 5.78. The molecule has 1 unspecified atom stereocenters. The molecule has 1 aromatic carbocycles. The molecule has 0 radical (unpaired) electrons. The van der Waals surface area contributed by atoms with Crippen molar-refractivity contribution in [1.29, 1.82) is 0 Å². The molecule has 0 fully saturated rings. The van der Waals surface area contributed by atoms with E-state index in [-0.39, 0.29) is 24.1 Å². The Bertz CT molecular complexity index is 479. The van der Waals surface area contributed by atoms with Crippen LogP contribution in [0.3, 0.4) is 0 Å². The lowest BCUT2D eigenvalue weighted by Gasteiger charge is -2.21. The zero-order valence-corrected chi connectivity index (χ0v) is 14.0. The van der Waals surface area contributed by atoms with Crippen LogP contribution in [0, 0.1) is 13.8 Å². The molecule has 0 saturated heterocycles. The van der Waals surface area contributed by atoms with E-state index in [9.17, 15) is 4.79 Å². The van der Waals surface area contributed by atoms with Crippen molar-refractivity contribution >= 4 is 5.91 Å². The van der Waals surface area contributed by atoms with Crippen molar-refractivity contribution in [2.75, 3.05) is 6.61 Å². The van der Waals surface area contributed by atoms with Crippen LogP contribution < -0.4 is 15.8 Å². The first kappa shape index (κ1) is 17.5. The Morgan fingerprint density at radius 2 is 1.81 bits per heavy atom. The number of amides is 1. The number of rotatable bonds is 5. The van der Waals surface area contributed by atoms with Crippen molar-refractivity contribution in [3.05, 3.63) is 28.8 Å². The summed E-state index contributed by atoms with van der Waals surface area (Å²) in [6.07, 6.45) is 0.840. The maximum Gasteiger partial charge on any atom is 0.258 e. The highest BCUT2D eigenvalue weighted by atomic mass is 16.5. The maximum absolute atomic E-state index is 11.8. The van der Waals surface area contributed by atoms with Gasteiger partial charge < -0.3 is 15.8 Å². The highest BCUT2D eigenvalue weighted by Gasteiger charge is 2.15. The molecule has 1 rings (SSSR count). The van der Waals surface area contributed by atoms with Crippen molar-refractivity contribution < 1.29 is 9.53 Å². The number of carbonyl (C=O) groups excluding carboxylic acids is 1. The minimum Gasteiger partial charge on any atom is -0.483 e. The third-order valence-corrected chi connectivity index (χ3v) is 2.94. The van der Waals surface area contributed by atoms with Gasteiger partial charge in [0.05, 0.1) is 0 Å². The molecule has 0 aliphatic carbocycles. The van der Waals surface area contributed by atoms with Gasteiger partial charge in [-0.2, -0.15) is 0 Å². The zero-order valence-electron chi connectivity index (χ0n) is 14.0. The minimum absolute atomic E-state index is 0.0333. The van der Waals surface area contributed by atoms with Gasteiger partial charge in [0.15, 0.2) is 6.61 Å². The monoisotopic (exact) mass is 292 g/mol. The molecule has 0 aliphatic heterocycles. The normalized spacial score (nSPS) is 12.9. The lowest BCUT2D eigenvalue weighted by molar-refractivity contribution is -0.124. The van der Waals surface area contributed by atoms with E-state index >= 15 is 0 Å². The van der Waals surface area contributed by atoms with Crippen LogP contribution in [0.5, 0.6) is 5.75 Å². The molecule has 1 atom stereocenters. The second-order valence-electron chi connectivity index (χ2n) is 6.83. The van der Waals surface area contributed by atoms with Crippen molar-refractivity contribution in [3.8, 4) is 5.75 Å². The predicted octanol–water partition coefficient (Wildman–Crippen LogP) is 2.49. The van der Waals surface area contributed by atoms with Gasteiger partial charge in [0.1, 0.15) is 5.75 Å². The first-order chi connectivity index (χ1) is 9.58. The van der Waals surface area contributed by atoms with Gasteiger partial charge in [-0.3, -0.25) is 4.79 Å². The van der Waals surface area contributed by atoms with E-state index in [4.69, 9.17) is 10.5 Å². The van der Waals surface area contributed by atoms with Crippen LogP contribution in [-0.2, 0) is 11.2 Å². The van der Waals surface area contributed by atoms with Gasteiger partial charge in [0.25, 0.3) is 5.91 Å². The summed E-state index contributed by atoms with van der Waals surface area (Å²) in [5.74, 6) is 0.674. The van der Waals surface area contributed by atoms with E-state index in [2.05, 4.69) is 17.4 Å². The topological polar surface area (TPSA) is 64.3 Å². The lowest BCUT2D eigenvalue weighted by atomic mass is 10.0. The average Bonchev–Trinajstić information content (AvgIpc) is 2.23. The summed E-state index contributed by atoms with van der Waals surface area (Å²) in [4.78, 5) is 11.8. The summed E-state index contributed by atoms with van der Waals surface area (Å²) in [5, 5.41) is 2.89. The molecule has 0 heterocycles. The molecule has 118 valence electrons. The van der Waals surface area contributed by atoms with E-state index in [0.717, 1.165) is 23.3 Å². The molecule has 4 heteroatoms. The summed E-state index contributed by atoms with van der Waals surface area (Å²) in [6.45, 7) is 11.9. The number of hydrogen-bond acceptors (Lipinski definition) is 3. The highest BCUT2D eigenvalue weighted by molar-refractivity contribution is 5.78. The van der Waals surface area contributed by atoms with Gasteiger partial charge in [-0.25, -0.2) is 0 Å². The van der Waals surface area contributed by atoms with Crippen LogP contribution in [0.1, 0.15) is 44.4 Å². The van der Waals surface area contributed by atoms with Crippen LogP contribution in [0.25, 0.3) is 0 Å². The van der Waals surface area contributed by atoms with Gasteiger partial charge >= 0.3 is 0 Å². The van der Waals surface area contributed by atoms with E-state index in [1.165, 1.54) is 5.56 Å². The third-order valence-electron chi connectivity index (χ3n) is 2.94. The summed E-state index contributed by atoms with van der Waals surface area (Å²) in [7, 11) is 0. The molecule has 0 spiro atoms. The Morgan fingerprint density at radius 3 is 2.24 bits per heavy atom. The van der Waals surface area contributed by atoms with Crippen molar-refractivity contribution in [3.63, 3.8) is 0 Å². The number of ether oxygens (including phenoxy) is 1. The molecular formula is C17H28N2O2. The molecule has 0 aliphatic rings. The molecule has 1 aromatic rings. The number of benzene rings is 1. The second-order valence-corrected chi connectivity index (χ2v) is 6.83. The van der Waals surface area contributed by atoms with Gasteiger partial charge in [-0.1, -0.05) is 12.1 Å². The van der Waals surface area contributed by atoms with Crippen molar-refractivity contribution in [1.82, 2.24) is 5.32 Å². The van der Waals surface area contributed by atoms with Crippen LogP contribution in [0.15, 0.2) is 12.1 Å². The Morgan fingerprint density at radius 1 is 1.29 bits per heavy atom. The summed E-state index contributed by atoms with van der Waals surface area (Å²) < 4.78 is 5.69. The van der Waals surface area contributed by atoms with Crippen LogP contribution in [-0.4, -0.2) is 24.1 Å². The van der Waals surface area contributed by atoms with E-state index < -0.39 is 0 Å². The summed E-state index contributed by atoms with van der Waals surface area (Å²) in [6, 6.07) is 4.29. The Labute approximate surface area is 128 Å². The third kappa shape index (κ3) is 6.17. The number of carbonyl (C=O) groups is 1. The van der Waals surface area contributed by atoms with E-state index in [0.29, 0.717) is 0 Å². The average molecular weight is 292 g/mol. The molecule has 4 nitrogen and oxygen atoms in total. The number of hydrogen-bond donors (Lipinski definition) is 2. The Hall–Kier alpha value is -1.55. The summed E-state index contributed by atoms with van der Waals surface area (Å²) in [5.41, 5.74) is 8.86. The molecule has 0 saturated carbocycles. The molecule has 21 heavy (non-hydrogen) atoms. The first-order valence-electron chi connectivity index (χ1n) is 7.38. The van der Waals surface area contributed by atoms with Gasteiger partial charge in [0.2, 0.25) is 0 Å². The SMILES string of the molecule is Cc1cc(CC(C)N)cc(C)c1OCC(=O)NC(C)(C)C. The quantitative estimate of drug-likeness (QED) is 0.876. The van der Waals surface area contributed by atoms with Gasteiger partial charge in [-0.15, -0.1) is 0 Å². The smallest absolute Gasteiger partial charge is 0.258 e. The molecule has 0 aromatic heterocycles.